The van der Waals surface area contributed by atoms with Crippen LogP contribution in [0, 0.1) is 12.8 Å². The predicted molar refractivity (Wildman–Crippen MR) is 135 cm³/mol. The van der Waals surface area contributed by atoms with E-state index in [4.69, 9.17) is 15.1 Å². The van der Waals surface area contributed by atoms with Crippen LogP contribution in [0.2, 0.25) is 0 Å². The smallest absolute Gasteiger partial charge is 0.306 e. The molecule has 1 N–H and O–H groups in total. The van der Waals surface area contributed by atoms with Gasteiger partial charge in [-0.05, 0) is 38.3 Å². The fourth-order valence-corrected chi connectivity index (χ4v) is 5.22. The minimum atomic E-state index is -0.706. The zero-order chi connectivity index (χ0) is 23.8. The number of carboxylic acids is 1. The van der Waals surface area contributed by atoms with Crippen molar-refractivity contribution in [3.63, 3.8) is 0 Å². The second-order valence-corrected chi connectivity index (χ2v) is 9.57. The summed E-state index contributed by atoms with van der Waals surface area (Å²) in [6.07, 6.45) is 2.04. The summed E-state index contributed by atoms with van der Waals surface area (Å²) >= 11 is 1.60. The maximum atomic E-state index is 11.3. The minimum absolute atomic E-state index is 0.269. The van der Waals surface area contributed by atoms with Crippen molar-refractivity contribution in [2.24, 2.45) is 5.92 Å². The molecule has 9 heteroatoms. The van der Waals surface area contributed by atoms with E-state index in [0.29, 0.717) is 25.9 Å². The van der Waals surface area contributed by atoms with Gasteiger partial charge in [-0.15, -0.1) is 16.4 Å². The summed E-state index contributed by atoms with van der Waals surface area (Å²) in [6, 6.07) is 12.4. The van der Waals surface area contributed by atoms with Crippen LogP contribution in [0.15, 0.2) is 41.8 Å². The third kappa shape index (κ3) is 4.11. The predicted octanol–water partition coefficient (Wildman–Crippen LogP) is 4.79. The zero-order valence-corrected chi connectivity index (χ0v) is 20.4. The summed E-state index contributed by atoms with van der Waals surface area (Å²) < 4.78 is 1.89. The van der Waals surface area contributed by atoms with Crippen LogP contribution in [0.3, 0.4) is 0 Å². The Balaban J connectivity index is 1.47. The number of aliphatic carboxylic acids is 1. The van der Waals surface area contributed by atoms with Gasteiger partial charge in [0.1, 0.15) is 5.82 Å². The second-order valence-electron chi connectivity index (χ2n) is 8.74. The van der Waals surface area contributed by atoms with Crippen molar-refractivity contribution in [1.82, 2.24) is 19.6 Å². The summed E-state index contributed by atoms with van der Waals surface area (Å²) in [4.78, 5) is 25.2. The monoisotopic (exact) mass is 476 g/mol. The molecule has 176 valence electrons. The van der Waals surface area contributed by atoms with Gasteiger partial charge in [-0.25, -0.2) is 9.97 Å². The first-order chi connectivity index (χ1) is 16.4. The van der Waals surface area contributed by atoms with Crippen molar-refractivity contribution in [3.05, 3.63) is 53.0 Å². The molecule has 1 aromatic carbocycles. The number of aromatic nitrogens is 4. The van der Waals surface area contributed by atoms with Gasteiger partial charge in [0.2, 0.25) is 0 Å². The van der Waals surface area contributed by atoms with Crippen LogP contribution in [0.25, 0.3) is 16.9 Å². The summed E-state index contributed by atoms with van der Waals surface area (Å²) in [5, 5.41) is 17.2. The lowest BCUT2D eigenvalue weighted by Crippen LogP contribution is -2.37. The van der Waals surface area contributed by atoms with Crippen molar-refractivity contribution in [2.75, 3.05) is 29.9 Å². The highest BCUT2D eigenvalue weighted by atomic mass is 32.1. The number of anilines is 3. The maximum Gasteiger partial charge on any atom is 0.306 e. The Bertz CT molecular complexity index is 1320. The Kier molecular flexibility index (Phi) is 5.95. The molecule has 4 heterocycles. The molecule has 0 spiro atoms. The number of thiazole rings is 1. The van der Waals surface area contributed by atoms with E-state index in [1.54, 1.807) is 11.3 Å². The molecular formula is C25H28N6O2S. The van der Waals surface area contributed by atoms with E-state index in [1.165, 1.54) is 5.56 Å². The molecule has 0 radical (unpaired) electrons. The summed E-state index contributed by atoms with van der Waals surface area (Å²) in [7, 11) is 2.01. The van der Waals surface area contributed by atoms with Crippen LogP contribution in [-0.4, -0.2) is 50.8 Å². The molecule has 0 atom stereocenters. The van der Waals surface area contributed by atoms with Gasteiger partial charge in [0.25, 0.3) is 0 Å². The molecule has 3 aromatic heterocycles. The SMILES string of the molecule is CCc1nc2ccc(N3CCC(C(=O)O)CC3)nn2c1N(C)c1nc(-c2ccc(C)cc2)cs1. The number of hydrogen-bond acceptors (Lipinski definition) is 7. The third-order valence-corrected chi connectivity index (χ3v) is 7.37. The molecule has 1 aliphatic heterocycles. The molecular weight excluding hydrogens is 448 g/mol. The first-order valence-electron chi connectivity index (χ1n) is 11.6. The number of rotatable bonds is 6. The summed E-state index contributed by atoms with van der Waals surface area (Å²) in [6.45, 7) is 5.54. The molecule has 5 rings (SSSR count). The van der Waals surface area contributed by atoms with Gasteiger partial charge in [-0.3, -0.25) is 4.79 Å². The Morgan fingerprint density at radius 3 is 2.56 bits per heavy atom. The standard InChI is InChI=1S/C25H28N6O2S/c1-4-19-23(29(3)25-27-20(15-34-25)17-7-5-16(2)6-8-17)31-21(26-19)9-10-22(28-31)30-13-11-18(12-14-30)24(32)33/h5-10,15,18H,4,11-14H2,1-3H3,(H,32,33). The van der Waals surface area contributed by atoms with E-state index < -0.39 is 5.97 Å². The number of imidazole rings is 1. The van der Waals surface area contributed by atoms with Gasteiger partial charge in [0, 0.05) is 31.1 Å². The Labute approximate surface area is 202 Å². The fourth-order valence-electron chi connectivity index (χ4n) is 4.42. The van der Waals surface area contributed by atoms with Crippen LogP contribution in [0.1, 0.15) is 31.0 Å². The maximum absolute atomic E-state index is 11.3. The topological polar surface area (TPSA) is 86.9 Å². The number of hydrogen-bond donors (Lipinski definition) is 1. The molecule has 1 fully saturated rings. The van der Waals surface area contributed by atoms with Crippen LogP contribution in [0.4, 0.5) is 16.8 Å². The zero-order valence-electron chi connectivity index (χ0n) is 19.6. The molecule has 0 unspecified atom stereocenters. The number of carbonyl (C=O) groups is 1. The molecule has 8 nitrogen and oxygen atoms in total. The van der Waals surface area contributed by atoms with Crippen molar-refractivity contribution in [1.29, 1.82) is 0 Å². The van der Waals surface area contributed by atoms with Gasteiger partial charge in [-0.2, -0.15) is 4.52 Å². The van der Waals surface area contributed by atoms with Crippen LogP contribution < -0.4 is 9.80 Å². The van der Waals surface area contributed by atoms with Crippen molar-refractivity contribution in [3.8, 4) is 11.3 Å². The Hall–Kier alpha value is -3.46. The molecule has 34 heavy (non-hydrogen) atoms. The van der Waals surface area contributed by atoms with Gasteiger partial charge >= 0.3 is 5.97 Å². The third-order valence-electron chi connectivity index (χ3n) is 6.46. The lowest BCUT2D eigenvalue weighted by Gasteiger charge is -2.30. The Morgan fingerprint density at radius 2 is 1.88 bits per heavy atom. The highest BCUT2D eigenvalue weighted by Crippen LogP contribution is 2.34. The molecule has 1 aliphatic rings. The second kappa shape index (κ2) is 9.06. The van der Waals surface area contributed by atoms with Crippen molar-refractivity contribution >= 4 is 39.7 Å². The largest absolute Gasteiger partial charge is 0.481 e. The lowest BCUT2D eigenvalue weighted by molar-refractivity contribution is -0.142. The van der Waals surface area contributed by atoms with Crippen LogP contribution in [0.5, 0.6) is 0 Å². The fraction of sp³-hybridized carbons (Fsp3) is 0.360. The van der Waals surface area contributed by atoms with Crippen molar-refractivity contribution < 1.29 is 9.90 Å². The minimum Gasteiger partial charge on any atom is -0.481 e. The molecule has 0 saturated carbocycles. The Morgan fingerprint density at radius 1 is 1.15 bits per heavy atom. The van der Waals surface area contributed by atoms with Gasteiger partial charge in [0.15, 0.2) is 16.6 Å². The molecule has 1 saturated heterocycles. The quantitative estimate of drug-likeness (QED) is 0.428. The van der Waals surface area contributed by atoms with E-state index in [2.05, 4.69) is 53.3 Å². The van der Waals surface area contributed by atoms with Crippen LogP contribution >= 0.6 is 11.3 Å². The normalized spacial score (nSPS) is 14.6. The highest BCUT2D eigenvalue weighted by Gasteiger charge is 2.26. The average Bonchev–Trinajstić information content (AvgIpc) is 3.49. The van der Waals surface area contributed by atoms with Gasteiger partial charge in [0.05, 0.1) is 17.3 Å². The van der Waals surface area contributed by atoms with E-state index in [-0.39, 0.29) is 5.92 Å². The summed E-state index contributed by atoms with van der Waals surface area (Å²) in [5.74, 6) is 0.770. The van der Waals surface area contributed by atoms with E-state index >= 15 is 0 Å². The number of piperidine rings is 1. The van der Waals surface area contributed by atoms with Gasteiger partial charge in [-0.1, -0.05) is 36.8 Å². The van der Waals surface area contributed by atoms with E-state index in [9.17, 15) is 9.90 Å². The van der Waals surface area contributed by atoms with E-state index in [0.717, 1.165) is 45.8 Å². The summed E-state index contributed by atoms with van der Waals surface area (Å²) in [5.41, 5.74) is 5.03. The van der Waals surface area contributed by atoms with Gasteiger partial charge < -0.3 is 14.9 Å². The van der Waals surface area contributed by atoms with Crippen molar-refractivity contribution in [2.45, 2.75) is 33.1 Å². The number of aryl methyl sites for hydroxylation is 2. The number of nitrogens with zero attached hydrogens (tertiary/aromatic N) is 6. The molecule has 4 aromatic rings. The molecule has 0 bridgehead atoms. The molecule has 0 aliphatic carbocycles. The first kappa shape index (κ1) is 22.3. The van der Waals surface area contributed by atoms with E-state index in [1.807, 2.05) is 23.7 Å². The average molecular weight is 477 g/mol. The first-order valence-corrected chi connectivity index (χ1v) is 12.4. The number of carboxylic acid groups (broad SMARTS) is 1. The molecule has 0 amide bonds. The number of fused-ring (bicyclic) bond motifs is 1. The lowest BCUT2D eigenvalue weighted by atomic mass is 9.97. The number of benzene rings is 1. The van der Waals surface area contributed by atoms with Crippen LogP contribution in [-0.2, 0) is 11.2 Å². The highest BCUT2D eigenvalue weighted by molar-refractivity contribution is 7.14.